The number of ether oxygens (including phenoxy) is 1. The van der Waals surface area contributed by atoms with Gasteiger partial charge in [-0.05, 0) is 0 Å². The van der Waals surface area contributed by atoms with Gasteiger partial charge in [0, 0.05) is 0 Å². The van der Waals surface area contributed by atoms with E-state index < -0.39 is 0 Å². The number of rotatable bonds is 2. The van der Waals surface area contributed by atoms with Crippen LogP contribution in [0.5, 0.6) is 5.75 Å². The van der Waals surface area contributed by atoms with Crippen LogP contribution >= 0.6 is 11.6 Å². The van der Waals surface area contributed by atoms with Gasteiger partial charge in [0.1, 0.15) is 5.82 Å². The molecule has 0 unspecified atom stereocenters. The van der Waals surface area contributed by atoms with E-state index in [-0.39, 0.29) is 6.54 Å². The third kappa shape index (κ3) is 1.78. The Morgan fingerprint density at radius 1 is 1.73 bits per heavy atom. The van der Waals surface area contributed by atoms with Crippen molar-refractivity contribution in [1.82, 2.24) is 9.97 Å². The molecule has 0 spiro atoms. The first-order valence-electron chi connectivity index (χ1n) is 3.03. The van der Waals surface area contributed by atoms with Gasteiger partial charge in [-0.15, -0.1) is 0 Å². The van der Waals surface area contributed by atoms with Crippen LogP contribution < -0.4 is 10.5 Å². The summed E-state index contributed by atoms with van der Waals surface area (Å²) in [5.74, 6) is 0.972. The number of halogens is 1. The van der Waals surface area contributed by atoms with Gasteiger partial charge in [0.25, 0.3) is 0 Å². The van der Waals surface area contributed by atoms with E-state index in [0.29, 0.717) is 16.7 Å². The number of nitrogens with zero attached hydrogens (tertiary/aromatic N) is 2. The molecule has 0 aliphatic carbocycles. The molecule has 0 saturated heterocycles. The zero-order valence-electron chi connectivity index (χ0n) is 6.04. The Hall–Kier alpha value is -0.870. The van der Waals surface area contributed by atoms with Crippen molar-refractivity contribution >= 4 is 11.6 Å². The van der Waals surface area contributed by atoms with Crippen molar-refractivity contribution in [3.63, 3.8) is 0 Å². The molecular weight excluding hydrogens is 166 g/mol. The molecule has 4 nitrogen and oxygen atoms in total. The van der Waals surface area contributed by atoms with Gasteiger partial charge in [0.15, 0.2) is 10.9 Å². The maximum Gasteiger partial charge on any atom is 0.174 e. The highest BCUT2D eigenvalue weighted by atomic mass is 35.5. The van der Waals surface area contributed by atoms with Crippen LogP contribution in [0, 0.1) is 0 Å². The van der Waals surface area contributed by atoms with Crippen LogP contribution in [0.4, 0.5) is 0 Å². The minimum absolute atomic E-state index is 0.281. The largest absolute Gasteiger partial charge is 0.492 e. The molecule has 0 aliphatic rings. The van der Waals surface area contributed by atoms with Gasteiger partial charge in [0.05, 0.1) is 19.9 Å². The van der Waals surface area contributed by atoms with Gasteiger partial charge in [-0.3, -0.25) is 0 Å². The second-order valence-electron chi connectivity index (χ2n) is 1.85. The molecule has 1 rings (SSSR count). The van der Waals surface area contributed by atoms with Gasteiger partial charge in [-0.1, -0.05) is 11.6 Å². The van der Waals surface area contributed by atoms with Crippen LogP contribution in [-0.2, 0) is 6.54 Å². The summed E-state index contributed by atoms with van der Waals surface area (Å²) < 4.78 is 4.85. The maximum atomic E-state index is 5.68. The Morgan fingerprint density at radius 3 is 2.91 bits per heavy atom. The van der Waals surface area contributed by atoms with Crippen LogP contribution in [0.15, 0.2) is 6.20 Å². The third-order valence-electron chi connectivity index (χ3n) is 1.16. The van der Waals surface area contributed by atoms with E-state index in [1.165, 1.54) is 13.3 Å². The lowest BCUT2D eigenvalue weighted by molar-refractivity contribution is 0.410. The predicted octanol–water partition coefficient (Wildman–Crippen LogP) is 0.597. The first kappa shape index (κ1) is 8.23. The van der Waals surface area contributed by atoms with Crippen LogP contribution in [0.1, 0.15) is 5.82 Å². The molecule has 0 saturated carbocycles. The quantitative estimate of drug-likeness (QED) is 0.666. The molecule has 0 radical (unpaired) electrons. The average Bonchev–Trinajstić information content (AvgIpc) is 2.04. The highest BCUT2D eigenvalue weighted by molar-refractivity contribution is 6.30. The van der Waals surface area contributed by atoms with Crippen molar-refractivity contribution in [2.75, 3.05) is 7.11 Å². The SMILES string of the molecule is COc1cnc(CN)nc1Cl. The van der Waals surface area contributed by atoms with Gasteiger partial charge in [-0.25, -0.2) is 9.97 Å². The lowest BCUT2D eigenvalue weighted by Crippen LogP contribution is -2.03. The number of methoxy groups -OCH3 is 1. The Kier molecular flexibility index (Phi) is 2.62. The zero-order chi connectivity index (χ0) is 8.27. The van der Waals surface area contributed by atoms with E-state index >= 15 is 0 Å². The third-order valence-corrected chi connectivity index (χ3v) is 1.43. The van der Waals surface area contributed by atoms with E-state index in [1.807, 2.05) is 0 Å². The molecule has 60 valence electrons. The molecule has 5 heteroatoms. The van der Waals surface area contributed by atoms with Crippen molar-refractivity contribution in [3.8, 4) is 5.75 Å². The number of nitrogens with two attached hydrogens (primary N) is 1. The molecule has 2 N–H and O–H groups in total. The lowest BCUT2D eigenvalue weighted by atomic mass is 10.5. The monoisotopic (exact) mass is 173 g/mol. The summed E-state index contributed by atoms with van der Waals surface area (Å²) in [5, 5.41) is 0.294. The highest BCUT2D eigenvalue weighted by Gasteiger charge is 2.02. The molecule has 0 aromatic carbocycles. The maximum absolute atomic E-state index is 5.68. The van der Waals surface area contributed by atoms with Gasteiger partial charge < -0.3 is 10.5 Å². The highest BCUT2D eigenvalue weighted by Crippen LogP contribution is 2.19. The van der Waals surface area contributed by atoms with Crippen molar-refractivity contribution in [1.29, 1.82) is 0 Å². The molecule has 1 aromatic heterocycles. The smallest absolute Gasteiger partial charge is 0.174 e. The molecular formula is C6H8ClN3O. The van der Waals surface area contributed by atoms with E-state index in [4.69, 9.17) is 22.1 Å². The molecule has 0 bridgehead atoms. The topological polar surface area (TPSA) is 61.0 Å². The first-order valence-corrected chi connectivity index (χ1v) is 3.41. The van der Waals surface area contributed by atoms with Crippen LogP contribution in [-0.4, -0.2) is 17.1 Å². The molecule has 1 aromatic rings. The van der Waals surface area contributed by atoms with Crippen molar-refractivity contribution in [2.24, 2.45) is 5.73 Å². The van der Waals surface area contributed by atoms with Gasteiger partial charge >= 0.3 is 0 Å². The summed E-state index contributed by atoms with van der Waals surface area (Å²) in [4.78, 5) is 7.75. The van der Waals surface area contributed by atoms with E-state index in [2.05, 4.69) is 9.97 Å². The summed E-state index contributed by atoms with van der Waals surface area (Å²) in [6, 6.07) is 0. The van der Waals surface area contributed by atoms with Crippen LogP contribution in [0.25, 0.3) is 0 Å². The van der Waals surface area contributed by atoms with Gasteiger partial charge in [0.2, 0.25) is 0 Å². The number of hydrogen-bond acceptors (Lipinski definition) is 4. The molecule has 0 atom stereocenters. The van der Waals surface area contributed by atoms with Crippen molar-refractivity contribution in [3.05, 3.63) is 17.2 Å². The molecule has 0 amide bonds. The Bertz CT molecular complexity index is 254. The normalized spacial score (nSPS) is 9.73. The van der Waals surface area contributed by atoms with Crippen LogP contribution in [0.3, 0.4) is 0 Å². The van der Waals surface area contributed by atoms with Crippen molar-refractivity contribution < 1.29 is 4.74 Å². The Balaban J connectivity index is 2.99. The minimum atomic E-state index is 0.281. The number of aromatic nitrogens is 2. The minimum Gasteiger partial charge on any atom is -0.492 e. The summed E-state index contributed by atoms with van der Waals surface area (Å²) >= 11 is 5.68. The summed E-state index contributed by atoms with van der Waals surface area (Å²) in [5.41, 5.74) is 5.29. The van der Waals surface area contributed by atoms with Crippen LogP contribution in [0.2, 0.25) is 5.15 Å². The predicted molar refractivity (Wildman–Crippen MR) is 41.5 cm³/mol. The molecule has 0 fully saturated rings. The van der Waals surface area contributed by atoms with E-state index in [0.717, 1.165) is 0 Å². The fourth-order valence-corrected chi connectivity index (χ4v) is 0.842. The summed E-state index contributed by atoms with van der Waals surface area (Å²) in [6.07, 6.45) is 1.50. The van der Waals surface area contributed by atoms with E-state index in [9.17, 15) is 0 Å². The van der Waals surface area contributed by atoms with Gasteiger partial charge in [-0.2, -0.15) is 0 Å². The fourth-order valence-electron chi connectivity index (χ4n) is 0.619. The summed E-state index contributed by atoms with van der Waals surface area (Å²) in [6.45, 7) is 0.281. The number of hydrogen-bond donors (Lipinski definition) is 1. The zero-order valence-corrected chi connectivity index (χ0v) is 6.80. The van der Waals surface area contributed by atoms with Crippen molar-refractivity contribution in [2.45, 2.75) is 6.54 Å². The average molecular weight is 174 g/mol. The standard InChI is InChI=1S/C6H8ClN3O/c1-11-4-3-9-5(2-8)10-6(4)7/h3H,2,8H2,1H3. The Morgan fingerprint density at radius 2 is 2.45 bits per heavy atom. The second kappa shape index (κ2) is 3.50. The molecule has 1 heterocycles. The lowest BCUT2D eigenvalue weighted by Gasteiger charge is -2.01. The molecule has 11 heavy (non-hydrogen) atoms. The second-order valence-corrected chi connectivity index (χ2v) is 2.21. The molecule has 0 aliphatic heterocycles. The summed E-state index contributed by atoms with van der Waals surface area (Å²) in [7, 11) is 1.51. The first-order chi connectivity index (χ1) is 5.27. The Labute approximate surface area is 69.4 Å². The fraction of sp³-hybridized carbons (Fsp3) is 0.333. The van der Waals surface area contributed by atoms with E-state index in [1.54, 1.807) is 0 Å².